The average molecular weight is 1080 g/mol. The Hall–Kier alpha value is -4.71. The van der Waals surface area contributed by atoms with Crippen molar-refractivity contribution in [3.8, 4) is 0 Å². The third-order valence-electron chi connectivity index (χ3n) is 13.1. The summed E-state index contributed by atoms with van der Waals surface area (Å²) < 4.78 is 16.9. The van der Waals surface area contributed by atoms with Crippen LogP contribution in [0.2, 0.25) is 0 Å². The van der Waals surface area contributed by atoms with Gasteiger partial charge in [-0.2, -0.15) is 0 Å². The highest BCUT2D eigenvalue weighted by molar-refractivity contribution is 5.71. The molecule has 0 aromatic carbocycles. The van der Waals surface area contributed by atoms with Crippen molar-refractivity contribution in [2.24, 2.45) is 0 Å². The molecular formula is C72H116O6. The van der Waals surface area contributed by atoms with Crippen LogP contribution in [0.1, 0.15) is 271 Å². The van der Waals surface area contributed by atoms with Gasteiger partial charge in [0.05, 0.1) is 0 Å². The van der Waals surface area contributed by atoms with Crippen LogP contribution >= 0.6 is 0 Å². The molecule has 440 valence electrons. The summed E-state index contributed by atoms with van der Waals surface area (Å²) >= 11 is 0. The van der Waals surface area contributed by atoms with E-state index in [1.54, 1.807) is 0 Å². The number of carbonyl (C=O) groups excluding carboxylic acids is 3. The highest BCUT2D eigenvalue weighted by Crippen LogP contribution is 2.14. The van der Waals surface area contributed by atoms with E-state index >= 15 is 0 Å². The topological polar surface area (TPSA) is 78.9 Å². The second-order valence-electron chi connectivity index (χ2n) is 20.5. The van der Waals surface area contributed by atoms with Gasteiger partial charge in [0.25, 0.3) is 0 Å². The minimum atomic E-state index is -0.817. The highest BCUT2D eigenvalue weighted by Gasteiger charge is 2.19. The lowest BCUT2D eigenvalue weighted by Gasteiger charge is -2.18. The van der Waals surface area contributed by atoms with E-state index in [1.165, 1.54) is 83.5 Å². The Bertz CT molecular complexity index is 1710. The van der Waals surface area contributed by atoms with Crippen molar-refractivity contribution < 1.29 is 28.6 Å². The Kier molecular flexibility index (Phi) is 60.9. The van der Waals surface area contributed by atoms with Crippen LogP contribution < -0.4 is 0 Å². The Morgan fingerprint density at radius 1 is 0.269 bits per heavy atom. The number of allylic oxidation sites excluding steroid dienone is 24. The molecule has 0 aliphatic rings. The van der Waals surface area contributed by atoms with Crippen molar-refractivity contribution in [1.29, 1.82) is 0 Å². The lowest BCUT2D eigenvalue weighted by atomic mass is 10.1. The van der Waals surface area contributed by atoms with Gasteiger partial charge in [0.1, 0.15) is 13.2 Å². The Balaban J connectivity index is 4.54. The average Bonchev–Trinajstić information content (AvgIpc) is 3.44. The number of esters is 3. The highest BCUT2D eigenvalue weighted by atomic mass is 16.6. The van der Waals surface area contributed by atoms with Gasteiger partial charge in [-0.25, -0.2) is 0 Å². The number of rotatable bonds is 56. The summed E-state index contributed by atoms with van der Waals surface area (Å²) in [6.45, 7) is 6.36. The van der Waals surface area contributed by atoms with Gasteiger partial charge in [0.15, 0.2) is 6.10 Å². The van der Waals surface area contributed by atoms with E-state index in [1.807, 2.05) is 0 Å². The number of carbonyl (C=O) groups is 3. The second kappa shape index (κ2) is 64.8. The molecule has 0 amide bonds. The van der Waals surface area contributed by atoms with Crippen LogP contribution in [0.4, 0.5) is 0 Å². The summed E-state index contributed by atoms with van der Waals surface area (Å²) in [5.41, 5.74) is 0. The van der Waals surface area contributed by atoms with Crippen LogP contribution in [0.5, 0.6) is 0 Å². The minimum Gasteiger partial charge on any atom is -0.462 e. The van der Waals surface area contributed by atoms with Crippen molar-refractivity contribution >= 4 is 17.9 Å². The SMILES string of the molecule is CC/C=C\C/C=C\C/C=C\C/C=C\C/C=C\C/C=C\CCCCC(=O)OCC(COC(=O)CCCCCCCCC/C=C\CCCCCCCCC)OC(=O)CCCCCCC/C=C\C/C=C\C/C=C\C/C=C\C/C=C\CC. The van der Waals surface area contributed by atoms with Gasteiger partial charge in [0.2, 0.25) is 0 Å². The van der Waals surface area contributed by atoms with Crippen LogP contribution in [0.25, 0.3) is 0 Å². The molecule has 0 N–H and O–H groups in total. The molecule has 0 radical (unpaired) electrons. The number of hydrogen-bond donors (Lipinski definition) is 0. The Labute approximate surface area is 480 Å². The largest absolute Gasteiger partial charge is 0.462 e. The maximum absolute atomic E-state index is 12.9. The molecule has 0 aromatic rings. The monoisotopic (exact) mass is 1080 g/mol. The molecular weight excluding hydrogens is 961 g/mol. The molecule has 0 aromatic heterocycles. The normalized spacial score (nSPS) is 13.1. The molecule has 0 bridgehead atoms. The molecule has 0 saturated carbocycles. The molecule has 0 heterocycles. The molecule has 0 rings (SSSR count). The zero-order valence-electron chi connectivity index (χ0n) is 50.4. The van der Waals surface area contributed by atoms with E-state index < -0.39 is 6.10 Å². The van der Waals surface area contributed by atoms with Crippen molar-refractivity contribution in [3.05, 3.63) is 146 Å². The third kappa shape index (κ3) is 62.1. The molecule has 0 spiro atoms. The van der Waals surface area contributed by atoms with Gasteiger partial charge in [-0.3, -0.25) is 14.4 Å². The summed E-state index contributed by atoms with van der Waals surface area (Å²) in [5, 5.41) is 0. The molecule has 78 heavy (non-hydrogen) atoms. The summed E-state index contributed by atoms with van der Waals surface area (Å²) in [6.07, 6.45) is 92.7. The van der Waals surface area contributed by atoms with E-state index in [9.17, 15) is 14.4 Å². The van der Waals surface area contributed by atoms with Gasteiger partial charge >= 0.3 is 17.9 Å². The van der Waals surface area contributed by atoms with Crippen LogP contribution in [-0.4, -0.2) is 37.2 Å². The van der Waals surface area contributed by atoms with Crippen LogP contribution in [0.15, 0.2) is 146 Å². The van der Waals surface area contributed by atoms with E-state index in [-0.39, 0.29) is 37.5 Å². The van der Waals surface area contributed by atoms with Crippen molar-refractivity contribution in [2.45, 2.75) is 277 Å². The summed E-state index contributed by atoms with van der Waals surface area (Å²) in [7, 11) is 0. The first-order chi connectivity index (χ1) is 38.5. The standard InChI is InChI=1S/C72H116O6/c1-4-7-10-13-16-19-22-25-28-31-34-36-38-41-44-47-50-53-56-59-62-65-71(74)77-68-69(67-76-70(73)64-61-58-55-52-49-46-43-40-33-30-27-24-21-18-15-12-9-6-3)78-72(75)66-63-60-57-54-51-48-45-42-39-37-35-32-29-26-23-20-17-14-11-8-5-2/h7-8,10-11,16-17,19-20,25-26,28-30,33-37,41-42,44-45,50,53,69H,4-6,9,12-15,18,21-24,27,31-32,38-40,43,46-49,51-52,54-68H2,1-3H3/b10-7-,11-8-,19-16-,20-17-,28-25-,29-26-,33-30-,36-34-,37-35-,44-41-,45-42-,53-50-. The van der Waals surface area contributed by atoms with E-state index in [2.05, 4.69) is 167 Å². The van der Waals surface area contributed by atoms with Crippen molar-refractivity contribution in [1.82, 2.24) is 0 Å². The summed E-state index contributed by atoms with van der Waals surface area (Å²) in [5.74, 6) is -0.976. The lowest BCUT2D eigenvalue weighted by Crippen LogP contribution is -2.30. The fraction of sp³-hybridized carbons (Fsp3) is 0.625. The van der Waals surface area contributed by atoms with Crippen molar-refractivity contribution in [3.63, 3.8) is 0 Å². The van der Waals surface area contributed by atoms with Crippen LogP contribution in [0.3, 0.4) is 0 Å². The van der Waals surface area contributed by atoms with Gasteiger partial charge in [-0.05, 0) is 141 Å². The molecule has 1 unspecified atom stereocenters. The summed E-state index contributed by atoms with van der Waals surface area (Å²) in [6, 6.07) is 0. The number of hydrogen-bond acceptors (Lipinski definition) is 6. The summed E-state index contributed by atoms with van der Waals surface area (Å²) in [4.78, 5) is 38.4. The van der Waals surface area contributed by atoms with Crippen LogP contribution in [0, 0.1) is 0 Å². The predicted molar refractivity (Wildman–Crippen MR) is 339 cm³/mol. The van der Waals surface area contributed by atoms with E-state index in [0.717, 1.165) is 141 Å². The quantitative estimate of drug-likeness (QED) is 0.0261. The third-order valence-corrected chi connectivity index (χ3v) is 13.1. The van der Waals surface area contributed by atoms with E-state index in [0.29, 0.717) is 19.3 Å². The van der Waals surface area contributed by atoms with Gasteiger partial charge in [0, 0.05) is 19.3 Å². The van der Waals surface area contributed by atoms with Gasteiger partial charge < -0.3 is 14.2 Å². The van der Waals surface area contributed by atoms with E-state index in [4.69, 9.17) is 14.2 Å². The molecule has 6 heteroatoms. The predicted octanol–water partition coefficient (Wildman–Crippen LogP) is 21.9. The smallest absolute Gasteiger partial charge is 0.306 e. The maximum Gasteiger partial charge on any atom is 0.306 e. The van der Waals surface area contributed by atoms with Crippen molar-refractivity contribution in [2.75, 3.05) is 13.2 Å². The van der Waals surface area contributed by atoms with Gasteiger partial charge in [-0.15, -0.1) is 0 Å². The zero-order valence-corrected chi connectivity index (χ0v) is 50.4. The van der Waals surface area contributed by atoms with Crippen LogP contribution in [-0.2, 0) is 28.6 Å². The lowest BCUT2D eigenvalue weighted by molar-refractivity contribution is -0.167. The first kappa shape index (κ1) is 73.3. The molecule has 0 saturated heterocycles. The fourth-order valence-corrected chi connectivity index (χ4v) is 8.35. The Morgan fingerprint density at radius 2 is 0.500 bits per heavy atom. The fourth-order valence-electron chi connectivity index (χ4n) is 8.35. The molecule has 0 aliphatic carbocycles. The molecule has 1 atom stereocenters. The first-order valence-electron chi connectivity index (χ1n) is 31.8. The Morgan fingerprint density at radius 3 is 0.821 bits per heavy atom. The maximum atomic E-state index is 12.9. The number of ether oxygens (including phenoxy) is 3. The van der Waals surface area contributed by atoms with Gasteiger partial charge in [-0.1, -0.05) is 256 Å². The molecule has 6 nitrogen and oxygen atoms in total. The number of unbranched alkanes of at least 4 members (excludes halogenated alkanes) is 21. The molecule has 0 fully saturated rings. The second-order valence-corrected chi connectivity index (χ2v) is 20.5. The minimum absolute atomic E-state index is 0.107. The molecule has 0 aliphatic heterocycles. The zero-order chi connectivity index (χ0) is 56.4. The first-order valence-corrected chi connectivity index (χ1v) is 31.8.